The smallest absolute Gasteiger partial charge is 0.226 e. The summed E-state index contributed by atoms with van der Waals surface area (Å²) in [6.07, 6.45) is 5.16. The summed E-state index contributed by atoms with van der Waals surface area (Å²) in [6.45, 7) is 6.22. The highest BCUT2D eigenvalue weighted by Gasteiger charge is 2.34. The maximum atomic E-state index is 11.5. The first-order valence-electron chi connectivity index (χ1n) is 8.43. The Hall–Kier alpha value is -0.660. The van der Waals surface area contributed by atoms with E-state index < -0.39 is 15.4 Å². The van der Waals surface area contributed by atoms with Crippen LogP contribution in [0.4, 0.5) is 0 Å². The Kier molecular flexibility index (Phi) is 7.97. The van der Waals surface area contributed by atoms with Gasteiger partial charge in [0, 0.05) is 11.2 Å². The van der Waals surface area contributed by atoms with Crippen LogP contribution in [0.15, 0.2) is 0 Å². The molecular formula is C16H32N2O4S. The first-order valence-corrected chi connectivity index (χ1v) is 9.90. The fourth-order valence-electron chi connectivity index (χ4n) is 3.08. The summed E-state index contributed by atoms with van der Waals surface area (Å²) in [4.78, 5) is 13.5. The second-order valence-corrected chi connectivity index (χ2v) is 8.49. The van der Waals surface area contributed by atoms with Gasteiger partial charge >= 0.3 is 0 Å². The number of nitrogens with zero attached hydrogens (tertiary/aromatic N) is 1. The number of nitrogens with two attached hydrogens (primary N) is 1. The van der Waals surface area contributed by atoms with E-state index in [2.05, 4.69) is 12.2 Å². The molecule has 0 bridgehead atoms. The van der Waals surface area contributed by atoms with E-state index in [-0.39, 0.29) is 7.43 Å². The van der Waals surface area contributed by atoms with Crippen molar-refractivity contribution < 1.29 is 23.1 Å². The maximum absolute atomic E-state index is 11.5. The first-order chi connectivity index (χ1) is 10.4. The molecule has 1 aliphatic heterocycles. The van der Waals surface area contributed by atoms with Crippen LogP contribution in [0.1, 0.15) is 52.9 Å². The topological polar surface area (TPSA) is 94.1 Å². The standard InChI is InChI=1S/C8H14N2O.C7H14O3S.CH4/c11-8(7-1-2-7)10-5-3-9-4-6-10;1-6-2-4-7(5-3-6)11(8,9)10;/h7,9H,1-6H2;6-7H,2-5H2,1H3,(H,8,9,10);1H4. The molecule has 1 amide bonds. The minimum atomic E-state index is -4.00. The van der Waals surface area contributed by atoms with Gasteiger partial charge in [-0.1, -0.05) is 14.4 Å². The molecular weight excluding hydrogens is 316 g/mol. The molecule has 3 rings (SSSR count). The Labute approximate surface area is 140 Å². The molecule has 3 aliphatic rings. The van der Waals surface area contributed by atoms with Gasteiger partial charge in [0.2, 0.25) is 5.91 Å². The molecule has 0 radical (unpaired) electrons. The van der Waals surface area contributed by atoms with Crippen molar-refractivity contribution in [1.29, 1.82) is 0 Å². The number of amides is 1. The van der Waals surface area contributed by atoms with E-state index in [1.54, 1.807) is 0 Å². The first kappa shape index (κ1) is 20.4. The van der Waals surface area contributed by atoms with Gasteiger partial charge in [-0.3, -0.25) is 4.79 Å². The van der Waals surface area contributed by atoms with Gasteiger partial charge in [0.05, 0.1) is 36.3 Å². The van der Waals surface area contributed by atoms with Gasteiger partial charge in [0.1, 0.15) is 0 Å². The number of piperazine rings is 1. The predicted molar refractivity (Wildman–Crippen MR) is 88.8 cm³/mol. The molecule has 0 unspecified atom stereocenters. The largest absolute Gasteiger partial charge is 0.748 e. The highest BCUT2D eigenvalue weighted by atomic mass is 32.2. The Bertz CT molecular complexity index is 462. The average Bonchev–Trinajstić information content (AvgIpc) is 3.32. The SMILES string of the molecule is C.CC1CCC(S(=O)(=O)[O-])CC1.O=C(C1CC1)N1CC[NH2+]CC1. The zero-order valence-corrected chi connectivity index (χ0v) is 14.2. The van der Waals surface area contributed by atoms with Crippen LogP contribution in [-0.2, 0) is 14.9 Å². The van der Waals surface area contributed by atoms with Gasteiger partial charge < -0.3 is 14.8 Å². The summed E-state index contributed by atoms with van der Waals surface area (Å²) in [5.41, 5.74) is 0. The summed E-state index contributed by atoms with van der Waals surface area (Å²) >= 11 is 0. The van der Waals surface area contributed by atoms with Gasteiger partial charge in [0.15, 0.2) is 0 Å². The Morgan fingerprint density at radius 3 is 2.00 bits per heavy atom. The van der Waals surface area contributed by atoms with Crippen LogP contribution in [0, 0.1) is 11.8 Å². The highest BCUT2D eigenvalue weighted by molar-refractivity contribution is 7.86. The molecule has 1 saturated heterocycles. The van der Waals surface area contributed by atoms with Crippen molar-refractivity contribution >= 4 is 16.0 Å². The lowest BCUT2D eigenvalue weighted by Crippen LogP contribution is -2.90. The van der Waals surface area contributed by atoms with E-state index in [0.29, 0.717) is 30.6 Å². The summed E-state index contributed by atoms with van der Waals surface area (Å²) in [7, 11) is -4.00. The second kappa shape index (κ2) is 8.99. The summed E-state index contributed by atoms with van der Waals surface area (Å²) < 4.78 is 31.6. The fraction of sp³-hybridized carbons (Fsp3) is 0.938. The minimum Gasteiger partial charge on any atom is -0.748 e. The lowest BCUT2D eigenvalue weighted by atomic mass is 9.91. The number of hydrogen-bond acceptors (Lipinski definition) is 4. The summed E-state index contributed by atoms with van der Waals surface area (Å²) in [5, 5.41) is 1.68. The molecule has 0 spiro atoms. The van der Waals surface area contributed by atoms with E-state index in [1.807, 2.05) is 4.90 Å². The molecule has 2 N–H and O–H groups in total. The average molecular weight is 349 g/mol. The van der Waals surface area contributed by atoms with Gasteiger partial charge in [-0.25, -0.2) is 8.42 Å². The molecule has 0 aromatic heterocycles. The third-order valence-corrected chi connectivity index (χ3v) is 6.10. The van der Waals surface area contributed by atoms with E-state index >= 15 is 0 Å². The van der Waals surface area contributed by atoms with Crippen LogP contribution in [-0.4, -0.2) is 55.2 Å². The number of hydrogen-bond donors (Lipinski definition) is 1. The molecule has 6 nitrogen and oxygen atoms in total. The van der Waals surface area contributed by atoms with Crippen LogP contribution >= 0.6 is 0 Å². The van der Waals surface area contributed by atoms with Gasteiger partial charge in [-0.05, 0) is 44.4 Å². The predicted octanol–water partition coefficient (Wildman–Crippen LogP) is 0.548. The van der Waals surface area contributed by atoms with Gasteiger partial charge in [-0.15, -0.1) is 0 Å². The van der Waals surface area contributed by atoms with E-state index in [0.717, 1.165) is 51.9 Å². The Balaban J connectivity index is 0.000000220. The monoisotopic (exact) mass is 348 g/mol. The molecule has 2 aliphatic carbocycles. The lowest BCUT2D eigenvalue weighted by molar-refractivity contribution is -0.662. The van der Waals surface area contributed by atoms with Crippen molar-refractivity contribution in [1.82, 2.24) is 4.90 Å². The van der Waals surface area contributed by atoms with Crippen molar-refractivity contribution in [3.8, 4) is 0 Å². The number of rotatable bonds is 2. The molecule has 136 valence electrons. The third-order valence-electron chi connectivity index (χ3n) is 4.82. The molecule has 0 aromatic rings. The fourth-order valence-corrected chi connectivity index (χ4v) is 3.93. The van der Waals surface area contributed by atoms with Crippen molar-refractivity contribution in [3.63, 3.8) is 0 Å². The third kappa shape index (κ3) is 6.77. The molecule has 2 saturated carbocycles. The maximum Gasteiger partial charge on any atom is 0.226 e. The second-order valence-electron chi connectivity index (χ2n) is 6.84. The number of quaternary nitrogens is 1. The number of carbonyl (C=O) groups excluding carboxylic acids is 1. The molecule has 1 heterocycles. The van der Waals surface area contributed by atoms with Crippen LogP contribution < -0.4 is 5.32 Å². The van der Waals surface area contributed by atoms with Crippen LogP contribution in [0.25, 0.3) is 0 Å². The van der Waals surface area contributed by atoms with Crippen LogP contribution in [0.2, 0.25) is 0 Å². The highest BCUT2D eigenvalue weighted by Crippen LogP contribution is 2.30. The zero-order valence-electron chi connectivity index (χ0n) is 13.4. The van der Waals surface area contributed by atoms with Crippen molar-refractivity contribution in [2.24, 2.45) is 11.8 Å². The lowest BCUT2D eigenvalue weighted by Gasteiger charge is -2.27. The van der Waals surface area contributed by atoms with Crippen molar-refractivity contribution in [3.05, 3.63) is 0 Å². The minimum absolute atomic E-state index is 0. The molecule has 23 heavy (non-hydrogen) atoms. The molecule has 3 fully saturated rings. The van der Waals surface area contributed by atoms with Gasteiger partial charge in [0.25, 0.3) is 0 Å². The summed E-state index contributed by atoms with van der Waals surface area (Å²) in [5.74, 6) is 1.42. The molecule has 7 heteroatoms. The van der Waals surface area contributed by atoms with Crippen molar-refractivity contribution in [2.75, 3.05) is 26.2 Å². The Morgan fingerprint density at radius 1 is 1.04 bits per heavy atom. The van der Waals surface area contributed by atoms with Crippen LogP contribution in [0.3, 0.4) is 0 Å². The quantitative estimate of drug-likeness (QED) is 0.737. The molecule has 0 aromatic carbocycles. The number of carbonyl (C=O) groups is 1. The van der Waals surface area contributed by atoms with E-state index in [9.17, 15) is 17.8 Å². The van der Waals surface area contributed by atoms with Crippen molar-refractivity contribution in [2.45, 2.75) is 58.1 Å². The van der Waals surface area contributed by atoms with Gasteiger partial charge in [-0.2, -0.15) is 0 Å². The normalized spacial score (nSPS) is 28.2. The van der Waals surface area contributed by atoms with E-state index in [4.69, 9.17) is 0 Å². The van der Waals surface area contributed by atoms with E-state index in [1.165, 1.54) is 0 Å². The molecule has 0 atom stereocenters. The zero-order chi connectivity index (χ0) is 16.2. The van der Waals surface area contributed by atoms with Crippen LogP contribution in [0.5, 0.6) is 0 Å². The summed E-state index contributed by atoms with van der Waals surface area (Å²) in [6, 6.07) is 0. The Morgan fingerprint density at radius 2 is 1.57 bits per heavy atom.